The highest BCUT2D eigenvalue weighted by Crippen LogP contribution is 2.34. The van der Waals surface area contributed by atoms with Crippen LogP contribution in [0.5, 0.6) is 11.5 Å². The maximum absolute atomic E-state index is 13.1. The molecule has 1 aromatic heterocycles. The summed E-state index contributed by atoms with van der Waals surface area (Å²) in [6.45, 7) is 0. The normalized spacial score (nSPS) is 11.8. The highest BCUT2D eigenvalue weighted by molar-refractivity contribution is 7.92. The summed E-state index contributed by atoms with van der Waals surface area (Å²) in [7, 11) is -4.42. The first-order valence-electron chi connectivity index (χ1n) is 7.63. The van der Waals surface area contributed by atoms with Crippen molar-refractivity contribution in [3.8, 4) is 11.5 Å². The van der Waals surface area contributed by atoms with Gasteiger partial charge in [0.15, 0.2) is 0 Å². The smallest absolute Gasteiger partial charge is 0.417 e. The summed E-state index contributed by atoms with van der Waals surface area (Å²) in [5.41, 5.74) is -1.12. The van der Waals surface area contributed by atoms with Crippen LogP contribution < -0.4 is 9.46 Å². The Morgan fingerprint density at radius 2 is 1.44 bits per heavy atom. The number of anilines is 1. The maximum atomic E-state index is 13.1. The molecule has 0 aliphatic heterocycles. The lowest BCUT2D eigenvalue weighted by molar-refractivity contribution is -0.139. The van der Waals surface area contributed by atoms with Crippen LogP contribution in [0.25, 0.3) is 0 Å². The van der Waals surface area contributed by atoms with E-state index in [0.717, 1.165) is 18.2 Å². The van der Waals surface area contributed by atoms with E-state index in [1.807, 2.05) is 0 Å². The van der Waals surface area contributed by atoms with Gasteiger partial charge in [0.2, 0.25) is 0 Å². The topological polar surface area (TPSA) is 68.3 Å². The number of hydrogen-bond acceptors (Lipinski definition) is 4. The highest BCUT2D eigenvalue weighted by atomic mass is 32.2. The van der Waals surface area contributed by atoms with Gasteiger partial charge in [0.1, 0.15) is 11.5 Å². The molecule has 1 heterocycles. The molecule has 0 saturated heterocycles. The van der Waals surface area contributed by atoms with Gasteiger partial charge in [-0.1, -0.05) is 12.1 Å². The van der Waals surface area contributed by atoms with Gasteiger partial charge in [-0.05, 0) is 48.5 Å². The summed E-state index contributed by atoms with van der Waals surface area (Å²) in [5, 5.41) is 0. The third kappa shape index (κ3) is 4.56. The monoisotopic (exact) mass is 394 g/mol. The number of ether oxygens (including phenoxy) is 1. The van der Waals surface area contributed by atoms with Gasteiger partial charge in [0, 0.05) is 18.1 Å². The van der Waals surface area contributed by atoms with Crippen molar-refractivity contribution in [3.05, 3.63) is 78.6 Å². The summed E-state index contributed by atoms with van der Waals surface area (Å²) in [6, 6.07) is 13.1. The fourth-order valence-corrected chi connectivity index (χ4v) is 3.57. The van der Waals surface area contributed by atoms with Crippen LogP contribution in [-0.4, -0.2) is 13.4 Å². The van der Waals surface area contributed by atoms with Gasteiger partial charge in [0.25, 0.3) is 10.0 Å². The first kappa shape index (κ1) is 18.7. The SMILES string of the molecule is O=S(=O)(Nc1ccc(Oc2ccncc2)cc1)c1ccccc1C(F)(F)F. The van der Waals surface area contributed by atoms with Crippen LogP contribution in [-0.2, 0) is 16.2 Å². The van der Waals surface area contributed by atoms with Crippen LogP contribution in [0, 0.1) is 0 Å². The lowest BCUT2D eigenvalue weighted by atomic mass is 10.2. The van der Waals surface area contributed by atoms with E-state index in [-0.39, 0.29) is 5.69 Å². The molecule has 0 aliphatic carbocycles. The van der Waals surface area contributed by atoms with Gasteiger partial charge in [-0.15, -0.1) is 0 Å². The van der Waals surface area contributed by atoms with Crippen LogP contribution in [0.2, 0.25) is 0 Å². The molecule has 3 rings (SSSR count). The molecule has 5 nitrogen and oxygen atoms in total. The first-order chi connectivity index (χ1) is 12.8. The van der Waals surface area contributed by atoms with E-state index < -0.39 is 26.7 Å². The Morgan fingerprint density at radius 3 is 2.07 bits per heavy atom. The van der Waals surface area contributed by atoms with Crippen molar-refractivity contribution in [2.24, 2.45) is 0 Å². The minimum Gasteiger partial charge on any atom is -0.457 e. The Labute approximate surface area is 153 Å². The van der Waals surface area contributed by atoms with Crippen LogP contribution in [0.15, 0.2) is 78.0 Å². The number of benzene rings is 2. The van der Waals surface area contributed by atoms with Crippen molar-refractivity contribution in [2.45, 2.75) is 11.1 Å². The summed E-state index contributed by atoms with van der Waals surface area (Å²) in [5.74, 6) is 0.970. The van der Waals surface area contributed by atoms with Gasteiger partial charge in [-0.3, -0.25) is 9.71 Å². The van der Waals surface area contributed by atoms with E-state index in [0.29, 0.717) is 11.5 Å². The average Bonchev–Trinajstić information content (AvgIpc) is 2.63. The molecule has 9 heteroatoms. The minimum absolute atomic E-state index is 0.106. The Hall–Kier alpha value is -3.07. The number of aromatic nitrogens is 1. The molecule has 0 radical (unpaired) electrons. The number of sulfonamides is 1. The molecule has 0 fully saturated rings. The molecule has 0 bridgehead atoms. The number of pyridine rings is 1. The molecular weight excluding hydrogens is 381 g/mol. The van der Waals surface area contributed by atoms with Crippen LogP contribution in [0.1, 0.15) is 5.56 Å². The summed E-state index contributed by atoms with van der Waals surface area (Å²) in [6.07, 6.45) is -1.68. The fraction of sp³-hybridized carbons (Fsp3) is 0.0556. The zero-order valence-electron chi connectivity index (χ0n) is 13.6. The second-order valence-corrected chi connectivity index (χ2v) is 7.06. The number of alkyl halides is 3. The fourth-order valence-electron chi connectivity index (χ4n) is 2.28. The van der Waals surface area contributed by atoms with Crippen molar-refractivity contribution in [2.75, 3.05) is 4.72 Å². The molecule has 0 aliphatic rings. The highest BCUT2D eigenvalue weighted by Gasteiger charge is 2.36. The molecule has 0 amide bonds. The maximum Gasteiger partial charge on any atom is 0.417 e. The number of halogens is 3. The van der Waals surface area contributed by atoms with Gasteiger partial charge < -0.3 is 4.74 Å². The molecule has 3 aromatic rings. The van der Waals surface area contributed by atoms with Crippen LogP contribution >= 0.6 is 0 Å². The largest absolute Gasteiger partial charge is 0.457 e. The first-order valence-corrected chi connectivity index (χ1v) is 9.11. The Morgan fingerprint density at radius 1 is 0.852 bits per heavy atom. The molecule has 0 atom stereocenters. The third-order valence-corrected chi connectivity index (χ3v) is 4.91. The molecule has 0 spiro atoms. The lowest BCUT2D eigenvalue weighted by Crippen LogP contribution is -2.18. The predicted octanol–water partition coefficient (Wildman–Crippen LogP) is 4.69. The predicted molar refractivity (Wildman–Crippen MR) is 93.0 cm³/mol. The number of rotatable bonds is 5. The summed E-state index contributed by atoms with van der Waals surface area (Å²) in [4.78, 5) is 3.02. The van der Waals surface area contributed by atoms with E-state index in [2.05, 4.69) is 9.71 Å². The van der Waals surface area contributed by atoms with Crippen molar-refractivity contribution in [3.63, 3.8) is 0 Å². The molecular formula is C18H13F3N2O3S. The van der Waals surface area contributed by atoms with E-state index in [1.54, 1.807) is 24.5 Å². The molecule has 140 valence electrons. The van der Waals surface area contributed by atoms with Crippen molar-refractivity contribution >= 4 is 15.7 Å². The molecule has 1 N–H and O–H groups in total. The number of hydrogen-bond donors (Lipinski definition) is 1. The van der Waals surface area contributed by atoms with Gasteiger partial charge in [0.05, 0.1) is 10.5 Å². The van der Waals surface area contributed by atoms with E-state index in [4.69, 9.17) is 4.74 Å². The summed E-state index contributed by atoms with van der Waals surface area (Å²) < 4.78 is 71.7. The number of nitrogens with one attached hydrogen (secondary N) is 1. The Kier molecular flexibility index (Phi) is 5.04. The van der Waals surface area contributed by atoms with Crippen LogP contribution in [0.4, 0.5) is 18.9 Å². The van der Waals surface area contributed by atoms with Crippen LogP contribution in [0.3, 0.4) is 0 Å². The number of nitrogens with zero attached hydrogens (tertiary/aromatic N) is 1. The zero-order chi connectivity index (χ0) is 19.5. The lowest BCUT2D eigenvalue weighted by Gasteiger charge is -2.14. The standard InChI is InChI=1S/C18H13F3N2O3S/c19-18(20,21)16-3-1-2-4-17(16)27(24,25)23-13-5-7-14(8-6-13)26-15-9-11-22-12-10-15/h1-12,23H. The second kappa shape index (κ2) is 7.28. The average molecular weight is 394 g/mol. The van der Waals surface area contributed by atoms with Gasteiger partial charge in [-0.2, -0.15) is 13.2 Å². The Balaban J connectivity index is 1.81. The van der Waals surface area contributed by atoms with Gasteiger partial charge in [-0.25, -0.2) is 8.42 Å². The van der Waals surface area contributed by atoms with E-state index >= 15 is 0 Å². The summed E-state index contributed by atoms with van der Waals surface area (Å²) >= 11 is 0. The van der Waals surface area contributed by atoms with Crippen molar-refractivity contribution in [1.29, 1.82) is 0 Å². The van der Waals surface area contributed by atoms with Gasteiger partial charge >= 0.3 is 6.18 Å². The van der Waals surface area contributed by atoms with Crippen molar-refractivity contribution < 1.29 is 26.3 Å². The molecule has 0 unspecified atom stereocenters. The second-order valence-electron chi connectivity index (χ2n) is 5.41. The third-order valence-electron chi connectivity index (χ3n) is 3.47. The molecule has 27 heavy (non-hydrogen) atoms. The molecule has 0 saturated carbocycles. The minimum atomic E-state index is -4.78. The van der Waals surface area contributed by atoms with E-state index in [1.165, 1.54) is 30.3 Å². The molecule has 2 aromatic carbocycles. The quantitative estimate of drug-likeness (QED) is 0.682. The van der Waals surface area contributed by atoms with Crippen molar-refractivity contribution in [1.82, 2.24) is 4.98 Å². The zero-order valence-corrected chi connectivity index (χ0v) is 14.5. The van der Waals surface area contributed by atoms with E-state index in [9.17, 15) is 21.6 Å². The Bertz CT molecular complexity index is 1020.